The van der Waals surface area contributed by atoms with E-state index in [-0.39, 0.29) is 0 Å². The van der Waals surface area contributed by atoms with E-state index in [2.05, 4.69) is 31.9 Å². The van der Waals surface area contributed by atoms with E-state index in [0.29, 0.717) is 13.0 Å². The Hall–Kier alpha value is -0.0900. The number of alkyl halides is 1. The summed E-state index contributed by atoms with van der Waals surface area (Å²) in [6.07, 6.45) is 5.25. The summed E-state index contributed by atoms with van der Waals surface area (Å²) in [6, 6.07) is 0. The molecule has 4 heteroatoms. The Morgan fingerprint density at radius 2 is 2.12 bits per heavy atom. The van der Waals surface area contributed by atoms with Crippen molar-refractivity contribution in [3.63, 3.8) is 0 Å². The zero-order chi connectivity index (χ0) is 12.4. The number of rotatable bonds is 8. The molecule has 0 bridgehead atoms. The third-order valence-corrected chi connectivity index (χ3v) is 3.57. The Kier molecular flexibility index (Phi) is 10.0. The van der Waals surface area contributed by atoms with Crippen molar-refractivity contribution in [3.05, 3.63) is 21.9 Å². The molecule has 0 atom stereocenters. The summed E-state index contributed by atoms with van der Waals surface area (Å²) >= 11 is 6.83. The third kappa shape index (κ3) is 6.48. The molecular weight excluding hydrogens is 336 g/mol. The highest BCUT2D eigenvalue weighted by Gasteiger charge is 2.06. The van der Waals surface area contributed by atoms with Crippen molar-refractivity contribution in [2.75, 3.05) is 11.9 Å². The quantitative estimate of drug-likeness (QED) is 0.213. The molecule has 0 radical (unpaired) electrons. The monoisotopic (exact) mass is 352 g/mol. The van der Waals surface area contributed by atoms with Gasteiger partial charge in [0.2, 0.25) is 0 Å². The van der Waals surface area contributed by atoms with Crippen LogP contribution in [0.2, 0.25) is 0 Å². The lowest BCUT2D eigenvalue weighted by Gasteiger charge is -2.10. The van der Waals surface area contributed by atoms with Gasteiger partial charge in [-0.2, -0.15) is 0 Å². The molecule has 0 aliphatic heterocycles. The normalized spacial score (nSPS) is 13.4. The summed E-state index contributed by atoms with van der Waals surface area (Å²) in [5.74, 6) is 0.836. The first kappa shape index (κ1) is 15.9. The fourth-order valence-electron chi connectivity index (χ4n) is 1.17. The molecule has 0 saturated carbocycles. The highest BCUT2D eigenvalue weighted by Crippen LogP contribution is 2.24. The lowest BCUT2D eigenvalue weighted by molar-refractivity contribution is -0.107. The summed E-state index contributed by atoms with van der Waals surface area (Å²) in [4.78, 5) is 10.5. The van der Waals surface area contributed by atoms with Crippen LogP contribution in [-0.4, -0.2) is 18.2 Å². The van der Waals surface area contributed by atoms with Crippen LogP contribution in [0.1, 0.15) is 33.1 Å². The molecule has 0 aromatic carbocycles. The molecular formula is C12H18Br2O2. The summed E-state index contributed by atoms with van der Waals surface area (Å²) in [5, 5.41) is 0.934. The molecule has 2 nitrogen and oxygen atoms in total. The first-order valence-corrected chi connectivity index (χ1v) is 7.27. The molecule has 0 saturated heterocycles. The van der Waals surface area contributed by atoms with Crippen LogP contribution in [0, 0.1) is 0 Å². The van der Waals surface area contributed by atoms with Gasteiger partial charge in [-0.15, -0.1) is 0 Å². The van der Waals surface area contributed by atoms with Gasteiger partial charge in [-0.3, -0.25) is 0 Å². The second kappa shape index (κ2) is 10.1. The van der Waals surface area contributed by atoms with E-state index in [4.69, 9.17) is 4.74 Å². The van der Waals surface area contributed by atoms with Crippen LogP contribution in [0.25, 0.3) is 0 Å². The van der Waals surface area contributed by atoms with Crippen LogP contribution >= 0.6 is 31.9 Å². The predicted molar refractivity (Wildman–Crippen MR) is 75.0 cm³/mol. The summed E-state index contributed by atoms with van der Waals surface area (Å²) in [5.41, 5.74) is 0.994. The van der Waals surface area contributed by atoms with E-state index >= 15 is 0 Å². The van der Waals surface area contributed by atoms with Crippen molar-refractivity contribution < 1.29 is 9.53 Å². The minimum Gasteiger partial charge on any atom is -0.497 e. The van der Waals surface area contributed by atoms with Crippen molar-refractivity contribution in [2.45, 2.75) is 33.1 Å². The van der Waals surface area contributed by atoms with E-state index in [0.717, 1.165) is 40.3 Å². The summed E-state index contributed by atoms with van der Waals surface area (Å²) in [7, 11) is 0. The third-order valence-electron chi connectivity index (χ3n) is 1.94. The Bertz CT molecular complexity index is 270. The fraction of sp³-hybridized carbons (Fsp3) is 0.583. The standard InChI is InChI=1S/C12H18Br2O2/c1-3-5-11(6-8-15)12(14)10(2)16-9-4-7-13/h5,8H,3-4,6-7,9H2,1-2H3/b11-5-,12-10-. The number of allylic oxidation sites excluding steroid dienone is 4. The lowest BCUT2D eigenvalue weighted by atomic mass is 10.1. The molecule has 0 amide bonds. The predicted octanol–water partition coefficient (Wildman–Crippen LogP) is 4.34. The Morgan fingerprint density at radius 3 is 2.62 bits per heavy atom. The van der Waals surface area contributed by atoms with E-state index in [1.165, 1.54) is 0 Å². The van der Waals surface area contributed by atoms with Gasteiger partial charge in [-0.05, 0) is 41.3 Å². The molecule has 0 N–H and O–H groups in total. The van der Waals surface area contributed by atoms with Crippen molar-refractivity contribution in [1.82, 2.24) is 0 Å². The number of carbonyl (C=O) groups is 1. The van der Waals surface area contributed by atoms with Crippen molar-refractivity contribution in [1.29, 1.82) is 0 Å². The molecule has 0 spiro atoms. The van der Waals surface area contributed by atoms with Gasteiger partial charge in [0.1, 0.15) is 12.0 Å². The van der Waals surface area contributed by atoms with Gasteiger partial charge in [0.05, 0.1) is 11.1 Å². The lowest BCUT2D eigenvalue weighted by Crippen LogP contribution is -1.97. The Labute approximate surface area is 114 Å². The smallest absolute Gasteiger partial charge is 0.124 e. The number of carbonyl (C=O) groups excluding carboxylic acids is 1. The van der Waals surface area contributed by atoms with Crippen molar-refractivity contribution >= 4 is 38.1 Å². The molecule has 0 heterocycles. The topological polar surface area (TPSA) is 26.3 Å². The van der Waals surface area contributed by atoms with E-state index in [9.17, 15) is 4.79 Å². The van der Waals surface area contributed by atoms with Crippen LogP contribution in [0.15, 0.2) is 21.9 Å². The number of hydrogen-bond acceptors (Lipinski definition) is 2. The van der Waals surface area contributed by atoms with Crippen molar-refractivity contribution in [2.24, 2.45) is 0 Å². The van der Waals surface area contributed by atoms with Crippen molar-refractivity contribution in [3.8, 4) is 0 Å². The summed E-state index contributed by atoms with van der Waals surface area (Å²) < 4.78 is 6.46. The molecule has 0 rings (SSSR count). The average molecular weight is 354 g/mol. The zero-order valence-electron chi connectivity index (χ0n) is 9.76. The fourth-order valence-corrected chi connectivity index (χ4v) is 1.84. The summed E-state index contributed by atoms with van der Waals surface area (Å²) in [6.45, 7) is 4.64. The molecule has 0 aromatic heterocycles. The van der Waals surface area contributed by atoms with Gasteiger partial charge >= 0.3 is 0 Å². The molecule has 0 unspecified atom stereocenters. The number of ether oxygens (including phenoxy) is 1. The number of halogens is 2. The van der Waals surface area contributed by atoms with Gasteiger partial charge in [-0.1, -0.05) is 28.9 Å². The number of hydrogen-bond donors (Lipinski definition) is 0. The maximum absolute atomic E-state index is 10.5. The maximum atomic E-state index is 10.5. The Morgan fingerprint density at radius 1 is 1.44 bits per heavy atom. The van der Waals surface area contributed by atoms with Gasteiger partial charge in [0.15, 0.2) is 0 Å². The molecule has 16 heavy (non-hydrogen) atoms. The molecule has 0 aliphatic rings. The molecule has 0 aliphatic carbocycles. The highest BCUT2D eigenvalue weighted by molar-refractivity contribution is 9.12. The van der Waals surface area contributed by atoms with E-state index in [1.54, 1.807) is 0 Å². The van der Waals surface area contributed by atoms with Crippen LogP contribution < -0.4 is 0 Å². The van der Waals surface area contributed by atoms with Gasteiger partial charge < -0.3 is 9.53 Å². The Balaban J connectivity index is 4.54. The van der Waals surface area contributed by atoms with Crippen LogP contribution in [0.3, 0.4) is 0 Å². The van der Waals surface area contributed by atoms with E-state index < -0.39 is 0 Å². The average Bonchev–Trinajstić information content (AvgIpc) is 2.28. The van der Waals surface area contributed by atoms with Crippen LogP contribution in [0.5, 0.6) is 0 Å². The van der Waals surface area contributed by atoms with Crippen LogP contribution in [-0.2, 0) is 9.53 Å². The largest absolute Gasteiger partial charge is 0.497 e. The molecule has 0 aromatic rings. The van der Waals surface area contributed by atoms with Gasteiger partial charge in [-0.25, -0.2) is 0 Å². The van der Waals surface area contributed by atoms with Gasteiger partial charge in [0, 0.05) is 11.8 Å². The second-order valence-corrected chi connectivity index (χ2v) is 4.86. The van der Waals surface area contributed by atoms with E-state index in [1.807, 2.05) is 19.9 Å². The maximum Gasteiger partial charge on any atom is 0.124 e. The van der Waals surface area contributed by atoms with Gasteiger partial charge in [0.25, 0.3) is 0 Å². The first-order valence-electron chi connectivity index (χ1n) is 5.35. The minimum absolute atomic E-state index is 0.424. The minimum atomic E-state index is 0.424. The second-order valence-electron chi connectivity index (χ2n) is 3.27. The van der Waals surface area contributed by atoms with Crippen LogP contribution in [0.4, 0.5) is 0 Å². The highest BCUT2D eigenvalue weighted by atomic mass is 79.9. The first-order chi connectivity index (χ1) is 7.67. The SMILES string of the molecule is CC/C=C(CC=O)\C(Br)=C(/C)OCCCBr. The number of aldehydes is 1. The molecule has 0 fully saturated rings. The molecule has 92 valence electrons. The zero-order valence-corrected chi connectivity index (χ0v) is 12.9.